The van der Waals surface area contributed by atoms with E-state index in [1.165, 1.54) is 4.90 Å². The molecule has 1 saturated heterocycles. The lowest BCUT2D eigenvalue weighted by Gasteiger charge is -2.36. The average molecular weight is 306 g/mol. The first kappa shape index (κ1) is 14.9. The molecule has 1 saturated carbocycles. The summed E-state index contributed by atoms with van der Waals surface area (Å²) in [7, 11) is 0. The highest BCUT2D eigenvalue weighted by molar-refractivity contribution is 6.07. The molecule has 1 N–H and O–H groups in total. The van der Waals surface area contributed by atoms with Crippen LogP contribution in [0, 0.1) is 5.92 Å². The van der Waals surface area contributed by atoms with Crippen LogP contribution in [0.2, 0.25) is 0 Å². The van der Waals surface area contributed by atoms with E-state index in [4.69, 9.17) is 0 Å². The number of aromatic nitrogens is 4. The van der Waals surface area contributed by atoms with Gasteiger partial charge in [-0.3, -0.25) is 9.69 Å². The third-order valence-corrected chi connectivity index (χ3v) is 4.84. The van der Waals surface area contributed by atoms with Gasteiger partial charge in [-0.25, -0.2) is 9.48 Å². The zero-order chi connectivity index (χ0) is 15.7. The fraction of sp³-hybridized carbons (Fsp3) is 0.786. The molecule has 120 valence electrons. The second-order valence-corrected chi connectivity index (χ2v) is 6.26. The maximum atomic E-state index is 12.9. The molecule has 8 heteroatoms. The second kappa shape index (κ2) is 5.66. The van der Waals surface area contributed by atoms with E-state index in [1.54, 1.807) is 4.68 Å². The van der Waals surface area contributed by atoms with Crippen LogP contribution < -0.4 is 5.32 Å². The molecule has 1 aromatic heterocycles. The van der Waals surface area contributed by atoms with Gasteiger partial charge in [-0.1, -0.05) is 26.7 Å². The summed E-state index contributed by atoms with van der Waals surface area (Å²) in [5.74, 6) is 0.580. The molecular weight excluding hydrogens is 284 g/mol. The molecule has 2 aliphatic rings. The van der Waals surface area contributed by atoms with Crippen molar-refractivity contribution in [3.8, 4) is 0 Å². The minimum Gasteiger partial charge on any atom is -0.323 e. The number of urea groups is 1. The summed E-state index contributed by atoms with van der Waals surface area (Å²) in [5.41, 5.74) is -0.724. The third kappa shape index (κ3) is 2.26. The van der Waals surface area contributed by atoms with E-state index >= 15 is 0 Å². The number of carbonyl (C=O) groups is 2. The Morgan fingerprint density at radius 3 is 2.91 bits per heavy atom. The van der Waals surface area contributed by atoms with Crippen LogP contribution in [-0.2, 0) is 17.9 Å². The van der Waals surface area contributed by atoms with Crippen molar-refractivity contribution in [3.05, 3.63) is 5.82 Å². The smallest absolute Gasteiger partial charge is 0.323 e. The van der Waals surface area contributed by atoms with Gasteiger partial charge in [0.2, 0.25) is 0 Å². The average Bonchev–Trinajstić information content (AvgIpc) is 3.02. The van der Waals surface area contributed by atoms with Gasteiger partial charge in [-0.15, -0.1) is 5.10 Å². The van der Waals surface area contributed by atoms with Crippen LogP contribution in [0.3, 0.4) is 0 Å². The quantitative estimate of drug-likeness (QED) is 0.840. The van der Waals surface area contributed by atoms with Gasteiger partial charge in [0.05, 0.1) is 6.54 Å². The van der Waals surface area contributed by atoms with Gasteiger partial charge in [0.15, 0.2) is 5.82 Å². The molecule has 3 amide bonds. The van der Waals surface area contributed by atoms with Crippen LogP contribution in [0.25, 0.3) is 0 Å². The minimum absolute atomic E-state index is 0.129. The van der Waals surface area contributed by atoms with E-state index in [9.17, 15) is 9.59 Å². The molecular formula is C14H22N6O2. The Morgan fingerprint density at radius 1 is 1.36 bits per heavy atom. The fourth-order valence-corrected chi connectivity index (χ4v) is 3.50. The van der Waals surface area contributed by atoms with Gasteiger partial charge >= 0.3 is 6.03 Å². The van der Waals surface area contributed by atoms with Crippen molar-refractivity contribution in [2.75, 3.05) is 0 Å². The van der Waals surface area contributed by atoms with Gasteiger partial charge in [0.25, 0.3) is 5.91 Å². The molecule has 2 heterocycles. The van der Waals surface area contributed by atoms with Gasteiger partial charge in [-0.05, 0) is 35.6 Å². The number of carbonyl (C=O) groups excluding carboxylic acids is 2. The zero-order valence-corrected chi connectivity index (χ0v) is 13.1. The molecule has 0 bridgehead atoms. The molecule has 1 aromatic rings. The Kier molecular flexibility index (Phi) is 3.84. The largest absolute Gasteiger partial charge is 0.325 e. The first-order valence-corrected chi connectivity index (χ1v) is 7.97. The van der Waals surface area contributed by atoms with Crippen LogP contribution in [-0.4, -0.2) is 42.6 Å². The lowest BCUT2D eigenvalue weighted by atomic mass is 9.73. The summed E-state index contributed by atoms with van der Waals surface area (Å²) in [5, 5.41) is 14.4. The Balaban J connectivity index is 1.81. The summed E-state index contributed by atoms with van der Waals surface area (Å²) < 4.78 is 1.65. The first-order valence-electron chi connectivity index (χ1n) is 7.97. The number of amides is 3. The monoisotopic (exact) mass is 306 g/mol. The number of nitrogens with zero attached hydrogens (tertiary/aromatic N) is 5. The molecule has 22 heavy (non-hydrogen) atoms. The van der Waals surface area contributed by atoms with Crippen molar-refractivity contribution in [3.63, 3.8) is 0 Å². The Bertz CT molecular complexity index is 586. The van der Waals surface area contributed by atoms with Crippen molar-refractivity contribution in [1.29, 1.82) is 0 Å². The predicted molar refractivity (Wildman–Crippen MR) is 77.6 cm³/mol. The van der Waals surface area contributed by atoms with Crippen molar-refractivity contribution in [2.45, 2.75) is 64.6 Å². The Labute approximate surface area is 129 Å². The van der Waals surface area contributed by atoms with E-state index < -0.39 is 5.54 Å². The van der Waals surface area contributed by atoms with E-state index in [2.05, 4.69) is 20.8 Å². The van der Waals surface area contributed by atoms with Crippen LogP contribution in [0.5, 0.6) is 0 Å². The summed E-state index contributed by atoms with van der Waals surface area (Å²) in [4.78, 5) is 26.4. The van der Waals surface area contributed by atoms with Gasteiger partial charge in [0.1, 0.15) is 5.54 Å². The molecule has 2 fully saturated rings. The van der Waals surface area contributed by atoms with Crippen molar-refractivity contribution >= 4 is 11.9 Å². The highest BCUT2D eigenvalue weighted by Crippen LogP contribution is 2.38. The van der Waals surface area contributed by atoms with Crippen LogP contribution in [0.1, 0.15) is 51.8 Å². The number of hydrogen-bond acceptors (Lipinski definition) is 5. The standard InChI is InChI=1S/C14H22N6O2/c1-3-8-20-11(16-17-18-20)9-19-12(21)14(15-13(19)22)7-5-4-6-10(14)2/h10H,3-9H2,1-2H3,(H,15,22)/t10-,14+/m1/s1. The van der Waals surface area contributed by atoms with Crippen LogP contribution in [0.15, 0.2) is 0 Å². The Morgan fingerprint density at radius 2 is 2.18 bits per heavy atom. The van der Waals surface area contributed by atoms with Crippen molar-refractivity contribution in [1.82, 2.24) is 30.4 Å². The topological polar surface area (TPSA) is 93.0 Å². The SMILES string of the molecule is CCCn1nnnc1CN1C(=O)N[C@]2(CCCC[C@H]2C)C1=O. The molecule has 1 aliphatic heterocycles. The van der Waals surface area contributed by atoms with Crippen molar-refractivity contribution < 1.29 is 9.59 Å². The van der Waals surface area contributed by atoms with E-state index in [0.717, 1.165) is 32.1 Å². The number of nitrogens with one attached hydrogen (secondary N) is 1. The third-order valence-electron chi connectivity index (χ3n) is 4.84. The summed E-state index contributed by atoms with van der Waals surface area (Å²) in [6.07, 6.45) is 4.65. The summed E-state index contributed by atoms with van der Waals surface area (Å²) >= 11 is 0. The van der Waals surface area contributed by atoms with E-state index in [-0.39, 0.29) is 24.4 Å². The van der Waals surface area contributed by atoms with E-state index in [0.29, 0.717) is 12.4 Å². The van der Waals surface area contributed by atoms with Gasteiger partial charge in [-0.2, -0.15) is 0 Å². The molecule has 0 unspecified atom stereocenters. The van der Waals surface area contributed by atoms with Gasteiger partial charge in [0, 0.05) is 6.54 Å². The molecule has 3 rings (SSSR count). The number of aryl methyl sites for hydroxylation is 1. The van der Waals surface area contributed by atoms with Crippen molar-refractivity contribution in [2.24, 2.45) is 5.92 Å². The Hall–Kier alpha value is -1.99. The molecule has 1 spiro atoms. The predicted octanol–water partition coefficient (Wildman–Crippen LogP) is 1.08. The molecule has 8 nitrogen and oxygen atoms in total. The molecule has 2 atom stereocenters. The zero-order valence-electron chi connectivity index (χ0n) is 13.1. The highest BCUT2D eigenvalue weighted by Gasteiger charge is 2.55. The number of imide groups is 1. The first-order chi connectivity index (χ1) is 10.6. The van der Waals surface area contributed by atoms with Gasteiger partial charge < -0.3 is 5.32 Å². The normalized spacial score (nSPS) is 28.5. The molecule has 1 aliphatic carbocycles. The molecule has 0 radical (unpaired) electrons. The summed E-state index contributed by atoms with van der Waals surface area (Å²) in [6.45, 7) is 4.87. The minimum atomic E-state index is -0.724. The van der Waals surface area contributed by atoms with E-state index in [1.807, 2.05) is 13.8 Å². The second-order valence-electron chi connectivity index (χ2n) is 6.26. The molecule has 0 aromatic carbocycles. The maximum absolute atomic E-state index is 12.9. The number of rotatable bonds is 4. The number of tetrazole rings is 1. The van der Waals surface area contributed by atoms with Crippen LogP contribution in [0.4, 0.5) is 4.79 Å². The lowest BCUT2D eigenvalue weighted by molar-refractivity contribution is -0.134. The fourth-order valence-electron chi connectivity index (χ4n) is 3.50. The summed E-state index contributed by atoms with van der Waals surface area (Å²) in [6, 6.07) is -0.329. The highest BCUT2D eigenvalue weighted by atomic mass is 16.2. The van der Waals surface area contributed by atoms with Crippen LogP contribution >= 0.6 is 0 Å². The maximum Gasteiger partial charge on any atom is 0.325 e. The number of hydrogen-bond donors (Lipinski definition) is 1. The lowest BCUT2D eigenvalue weighted by Crippen LogP contribution is -2.53.